The third kappa shape index (κ3) is 3.07. The summed E-state index contributed by atoms with van der Waals surface area (Å²) in [6.45, 7) is 5.93. The highest BCUT2D eigenvalue weighted by molar-refractivity contribution is 7.19. The van der Waals surface area contributed by atoms with Gasteiger partial charge in [0.05, 0.1) is 12.7 Å². The van der Waals surface area contributed by atoms with Gasteiger partial charge in [0.15, 0.2) is 5.75 Å². The van der Waals surface area contributed by atoms with E-state index in [0.717, 1.165) is 5.00 Å². The average molecular weight is 272 g/mol. The Morgan fingerprint density at radius 1 is 1.44 bits per heavy atom. The van der Waals surface area contributed by atoms with Crippen LogP contribution in [-0.4, -0.2) is 32.8 Å². The van der Waals surface area contributed by atoms with E-state index in [0.29, 0.717) is 22.9 Å². The van der Waals surface area contributed by atoms with Crippen LogP contribution < -0.4 is 15.4 Å². The van der Waals surface area contributed by atoms with Gasteiger partial charge in [0.25, 0.3) is 0 Å². The van der Waals surface area contributed by atoms with E-state index in [1.165, 1.54) is 11.3 Å². The molecule has 0 atom stereocenters. The van der Waals surface area contributed by atoms with E-state index in [1.807, 2.05) is 32.8 Å². The number of carbonyl (C=O) groups excluding carboxylic acids is 1. The first kappa shape index (κ1) is 14.6. The van der Waals surface area contributed by atoms with Gasteiger partial charge < -0.3 is 20.1 Å². The smallest absolute Gasteiger partial charge is 0.350 e. The first-order chi connectivity index (χ1) is 8.38. The number of carbonyl (C=O) groups is 1. The van der Waals surface area contributed by atoms with Crippen LogP contribution in [0.5, 0.6) is 5.75 Å². The van der Waals surface area contributed by atoms with Crippen molar-refractivity contribution in [2.75, 3.05) is 31.3 Å². The predicted molar refractivity (Wildman–Crippen MR) is 74.8 cm³/mol. The van der Waals surface area contributed by atoms with Gasteiger partial charge in [-0.3, -0.25) is 0 Å². The molecule has 1 aromatic rings. The minimum atomic E-state index is -0.401. The SMILES string of the molecule is CCOC(=O)c1sc(N(C)C)c(OC(C)C)c1N. The minimum Gasteiger partial charge on any atom is -0.486 e. The van der Waals surface area contributed by atoms with Crippen LogP contribution in [0.2, 0.25) is 0 Å². The molecule has 0 aliphatic rings. The number of nitrogens with two attached hydrogens (primary N) is 1. The van der Waals surface area contributed by atoms with Crippen molar-refractivity contribution in [2.45, 2.75) is 26.9 Å². The Morgan fingerprint density at radius 2 is 2.06 bits per heavy atom. The molecule has 0 fully saturated rings. The molecule has 0 bridgehead atoms. The number of hydrogen-bond donors (Lipinski definition) is 1. The Morgan fingerprint density at radius 3 is 2.50 bits per heavy atom. The number of nitrogen functional groups attached to an aromatic ring is 1. The Balaban J connectivity index is 3.19. The van der Waals surface area contributed by atoms with Gasteiger partial charge >= 0.3 is 5.97 Å². The van der Waals surface area contributed by atoms with Crippen molar-refractivity contribution in [1.29, 1.82) is 0 Å². The number of ether oxygens (including phenoxy) is 2. The molecule has 0 aliphatic heterocycles. The molecule has 102 valence electrons. The molecule has 2 N–H and O–H groups in total. The van der Waals surface area contributed by atoms with Crippen molar-refractivity contribution in [3.63, 3.8) is 0 Å². The fraction of sp³-hybridized carbons (Fsp3) is 0.583. The van der Waals surface area contributed by atoms with E-state index in [2.05, 4.69) is 0 Å². The molecule has 6 heteroatoms. The Hall–Kier alpha value is -1.43. The van der Waals surface area contributed by atoms with Gasteiger partial charge in [-0.25, -0.2) is 4.79 Å². The van der Waals surface area contributed by atoms with E-state index in [9.17, 15) is 4.79 Å². The summed E-state index contributed by atoms with van der Waals surface area (Å²) in [4.78, 5) is 14.0. The zero-order valence-electron chi connectivity index (χ0n) is 11.4. The van der Waals surface area contributed by atoms with Crippen LogP contribution in [0.3, 0.4) is 0 Å². The van der Waals surface area contributed by atoms with Crippen LogP contribution in [-0.2, 0) is 4.74 Å². The molecule has 0 spiro atoms. The maximum atomic E-state index is 11.8. The molecule has 0 saturated carbocycles. The number of hydrogen-bond acceptors (Lipinski definition) is 6. The van der Waals surface area contributed by atoms with Crippen molar-refractivity contribution < 1.29 is 14.3 Å². The highest BCUT2D eigenvalue weighted by Crippen LogP contribution is 2.44. The second-order valence-corrected chi connectivity index (χ2v) is 5.26. The number of thiophene rings is 1. The molecule has 0 unspecified atom stereocenters. The molecule has 18 heavy (non-hydrogen) atoms. The summed E-state index contributed by atoms with van der Waals surface area (Å²) < 4.78 is 10.7. The summed E-state index contributed by atoms with van der Waals surface area (Å²) in [6, 6.07) is 0. The standard InChI is InChI=1S/C12H20N2O3S/c1-6-16-12(15)10-8(13)9(17-7(2)3)11(18-10)14(4)5/h7H,6,13H2,1-5H3. The third-order valence-corrected chi connectivity index (χ3v) is 3.44. The molecular weight excluding hydrogens is 252 g/mol. The molecule has 1 rings (SSSR count). The molecular formula is C12H20N2O3S. The van der Waals surface area contributed by atoms with Gasteiger partial charge in [0, 0.05) is 14.1 Å². The summed E-state index contributed by atoms with van der Waals surface area (Å²) in [6.07, 6.45) is -0.00403. The maximum Gasteiger partial charge on any atom is 0.350 e. The molecule has 0 saturated heterocycles. The maximum absolute atomic E-state index is 11.8. The zero-order chi connectivity index (χ0) is 13.9. The molecule has 0 amide bonds. The summed E-state index contributed by atoms with van der Waals surface area (Å²) in [7, 11) is 3.76. The quantitative estimate of drug-likeness (QED) is 0.834. The van der Waals surface area contributed by atoms with Gasteiger partial charge in [-0.05, 0) is 20.8 Å². The molecule has 0 aliphatic carbocycles. The van der Waals surface area contributed by atoms with E-state index >= 15 is 0 Å². The van der Waals surface area contributed by atoms with Gasteiger partial charge in [-0.2, -0.15) is 0 Å². The number of anilines is 2. The molecule has 1 aromatic heterocycles. The predicted octanol–water partition coefficient (Wildman–Crippen LogP) is 2.36. The fourth-order valence-corrected chi connectivity index (χ4v) is 2.38. The summed E-state index contributed by atoms with van der Waals surface area (Å²) in [5.41, 5.74) is 6.34. The first-order valence-electron chi connectivity index (χ1n) is 5.81. The summed E-state index contributed by atoms with van der Waals surface area (Å²) in [5.74, 6) is 0.157. The lowest BCUT2D eigenvalue weighted by Crippen LogP contribution is -2.12. The van der Waals surface area contributed by atoms with Gasteiger partial charge in [-0.15, -0.1) is 11.3 Å². The topological polar surface area (TPSA) is 64.8 Å². The normalized spacial score (nSPS) is 10.6. The highest BCUT2D eigenvalue weighted by Gasteiger charge is 2.24. The summed E-state index contributed by atoms with van der Waals surface area (Å²) in [5, 5.41) is 0.823. The Kier molecular flexibility index (Phi) is 4.84. The van der Waals surface area contributed by atoms with E-state index in [-0.39, 0.29) is 6.10 Å². The monoisotopic (exact) mass is 272 g/mol. The van der Waals surface area contributed by atoms with Crippen LogP contribution in [0.4, 0.5) is 10.7 Å². The first-order valence-corrected chi connectivity index (χ1v) is 6.63. The van der Waals surface area contributed by atoms with Crippen molar-refractivity contribution >= 4 is 28.0 Å². The second-order valence-electron chi connectivity index (χ2n) is 4.26. The van der Waals surface area contributed by atoms with Crippen LogP contribution in [0, 0.1) is 0 Å². The van der Waals surface area contributed by atoms with E-state index in [1.54, 1.807) is 6.92 Å². The number of esters is 1. The van der Waals surface area contributed by atoms with Crippen LogP contribution in [0.25, 0.3) is 0 Å². The lowest BCUT2D eigenvalue weighted by molar-refractivity contribution is 0.0533. The van der Waals surface area contributed by atoms with Gasteiger partial charge in [-0.1, -0.05) is 0 Å². The zero-order valence-corrected chi connectivity index (χ0v) is 12.3. The number of rotatable bonds is 5. The average Bonchev–Trinajstić information content (AvgIpc) is 2.56. The van der Waals surface area contributed by atoms with Crippen LogP contribution in [0.1, 0.15) is 30.4 Å². The second kappa shape index (κ2) is 5.95. The van der Waals surface area contributed by atoms with Gasteiger partial charge in [0.2, 0.25) is 0 Å². The minimum absolute atomic E-state index is 0.00403. The molecule has 1 heterocycles. The lowest BCUT2D eigenvalue weighted by Gasteiger charge is -2.15. The van der Waals surface area contributed by atoms with Crippen molar-refractivity contribution in [1.82, 2.24) is 0 Å². The Bertz CT molecular complexity index is 427. The van der Waals surface area contributed by atoms with Crippen molar-refractivity contribution in [3.05, 3.63) is 4.88 Å². The molecule has 5 nitrogen and oxygen atoms in total. The largest absolute Gasteiger partial charge is 0.486 e. The lowest BCUT2D eigenvalue weighted by atomic mass is 10.3. The molecule has 0 aromatic carbocycles. The van der Waals surface area contributed by atoms with Crippen LogP contribution in [0.15, 0.2) is 0 Å². The summed E-state index contributed by atoms with van der Waals surface area (Å²) >= 11 is 1.29. The van der Waals surface area contributed by atoms with Crippen molar-refractivity contribution in [2.24, 2.45) is 0 Å². The van der Waals surface area contributed by atoms with E-state index < -0.39 is 5.97 Å². The third-order valence-electron chi connectivity index (χ3n) is 2.10. The number of nitrogens with zero attached hydrogens (tertiary/aromatic N) is 1. The molecule has 0 radical (unpaired) electrons. The highest BCUT2D eigenvalue weighted by atomic mass is 32.1. The van der Waals surface area contributed by atoms with Crippen molar-refractivity contribution in [3.8, 4) is 5.75 Å². The Labute approximate surface area is 111 Å². The van der Waals surface area contributed by atoms with Gasteiger partial charge in [0.1, 0.15) is 15.6 Å². The fourth-order valence-electron chi connectivity index (χ4n) is 1.41. The van der Waals surface area contributed by atoms with Crippen LogP contribution >= 0.6 is 11.3 Å². The van der Waals surface area contributed by atoms with E-state index in [4.69, 9.17) is 15.2 Å².